The highest BCUT2D eigenvalue weighted by atomic mass is 32.3. The van der Waals surface area contributed by atoms with Gasteiger partial charge in [0.25, 0.3) is 0 Å². The second-order valence-electron chi connectivity index (χ2n) is 2.76. The van der Waals surface area contributed by atoms with Gasteiger partial charge in [-0.15, -0.1) is 0 Å². The van der Waals surface area contributed by atoms with Gasteiger partial charge in [-0.25, -0.2) is 4.18 Å². The first-order chi connectivity index (χ1) is 6.99. The van der Waals surface area contributed by atoms with E-state index in [-0.39, 0.29) is 6.61 Å². The van der Waals surface area contributed by atoms with E-state index in [0.717, 1.165) is 24.1 Å². The number of ether oxygens (including phenoxy) is 1. The second-order valence-corrected chi connectivity index (χ2v) is 6.47. The monoisotopic (exact) mass is 259 g/mol. The molecule has 1 saturated heterocycles. The lowest BCUT2D eigenvalue weighted by Gasteiger charge is -2.11. The Bertz CT molecular complexity index is 233. The predicted molar refractivity (Wildman–Crippen MR) is 61.6 cm³/mol. The van der Waals surface area contributed by atoms with Crippen molar-refractivity contribution in [1.82, 2.24) is 0 Å². The average molecular weight is 259 g/mol. The first kappa shape index (κ1) is 15.2. The van der Waals surface area contributed by atoms with Crippen LogP contribution in [-0.2, 0) is 30.2 Å². The number of hydrogen-bond acceptors (Lipinski definition) is 4. The fourth-order valence-corrected chi connectivity index (χ4v) is 2.78. The largest absolute Gasteiger partial charge is 0.397 e. The summed E-state index contributed by atoms with van der Waals surface area (Å²) >= 11 is 0. The summed E-state index contributed by atoms with van der Waals surface area (Å²) in [6.07, 6.45) is 0. The van der Waals surface area contributed by atoms with Crippen LogP contribution in [0.3, 0.4) is 0 Å². The minimum absolute atomic E-state index is 0.0289. The van der Waals surface area contributed by atoms with Gasteiger partial charge in [-0.1, -0.05) is 0 Å². The van der Waals surface area contributed by atoms with Crippen LogP contribution in [0, 0.1) is 0 Å². The molecule has 0 aromatic heterocycles. The van der Waals surface area contributed by atoms with Gasteiger partial charge in [0.05, 0.1) is 19.8 Å². The van der Waals surface area contributed by atoms with Crippen molar-refractivity contribution in [1.29, 1.82) is 0 Å². The van der Waals surface area contributed by atoms with Crippen LogP contribution in [0.1, 0.15) is 13.8 Å². The van der Waals surface area contributed by atoms with Gasteiger partial charge in [0.15, 0.2) is 0 Å². The third-order valence-corrected chi connectivity index (χ3v) is 4.55. The standard InChI is InChI=1S/C6H13OS.C2H6O4S/c1-2-8-5-3-7-4-6-8;1-2-6-7(3,4)5/h2-6H2,1H3;2H2,1H3,(H,3,4,5)/q+1;. The maximum absolute atomic E-state index is 9.56. The molecule has 0 radical (unpaired) electrons. The highest BCUT2D eigenvalue weighted by Gasteiger charge is 2.18. The fraction of sp³-hybridized carbons (Fsp3) is 1.00. The highest BCUT2D eigenvalue weighted by molar-refractivity contribution is 7.96. The van der Waals surface area contributed by atoms with Crippen LogP contribution in [0.4, 0.5) is 0 Å². The molecule has 1 heterocycles. The molecule has 0 aliphatic carbocycles. The van der Waals surface area contributed by atoms with Crippen LogP contribution in [-0.4, -0.2) is 50.0 Å². The van der Waals surface area contributed by atoms with Gasteiger partial charge in [0.1, 0.15) is 17.3 Å². The molecule has 0 amide bonds. The zero-order valence-corrected chi connectivity index (χ0v) is 10.8. The second kappa shape index (κ2) is 8.35. The smallest absolute Gasteiger partial charge is 0.372 e. The molecule has 15 heavy (non-hydrogen) atoms. The Labute approximate surface area is 94.4 Å². The van der Waals surface area contributed by atoms with Gasteiger partial charge in [-0.3, -0.25) is 4.55 Å². The Balaban J connectivity index is 0.000000265. The SMILES string of the molecule is CCOS(=O)(=O)O.CC[S+]1CCOCC1. The van der Waals surface area contributed by atoms with Crippen molar-refractivity contribution < 1.29 is 21.9 Å². The van der Waals surface area contributed by atoms with Gasteiger partial charge in [0, 0.05) is 0 Å². The molecule has 92 valence electrons. The summed E-state index contributed by atoms with van der Waals surface area (Å²) in [6, 6.07) is 0. The summed E-state index contributed by atoms with van der Waals surface area (Å²) in [7, 11) is -3.45. The zero-order valence-electron chi connectivity index (χ0n) is 9.14. The van der Waals surface area contributed by atoms with Crippen LogP contribution < -0.4 is 0 Å². The van der Waals surface area contributed by atoms with Crippen LogP contribution in [0.25, 0.3) is 0 Å². The van der Waals surface area contributed by atoms with Gasteiger partial charge in [-0.2, -0.15) is 8.42 Å². The summed E-state index contributed by atoms with van der Waals surface area (Å²) in [5.74, 6) is 4.00. The van der Waals surface area contributed by atoms with Crippen molar-refractivity contribution in [2.45, 2.75) is 13.8 Å². The van der Waals surface area contributed by atoms with Crippen molar-refractivity contribution in [2.24, 2.45) is 0 Å². The molecule has 1 aliphatic heterocycles. The topological polar surface area (TPSA) is 72.8 Å². The maximum Gasteiger partial charge on any atom is 0.397 e. The van der Waals surface area contributed by atoms with Crippen LogP contribution in [0.2, 0.25) is 0 Å². The van der Waals surface area contributed by atoms with Gasteiger partial charge in [-0.05, 0) is 24.7 Å². The Morgan fingerprint density at radius 2 is 1.87 bits per heavy atom. The lowest BCUT2D eigenvalue weighted by molar-refractivity contribution is 0.159. The molecule has 0 bridgehead atoms. The van der Waals surface area contributed by atoms with E-state index in [1.165, 1.54) is 24.2 Å². The molecule has 1 N–H and O–H groups in total. The summed E-state index contributed by atoms with van der Waals surface area (Å²) in [5.41, 5.74) is 0. The molecule has 1 fully saturated rings. The van der Waals surface area contributed by atoms with E-state index in [4.69, 9.17) is 9.29 Å². The van der Waals surface area contributed by atoms with Crippen molar-refractivity contribution in [3.05, 3.63) is 0 Å². The van der Waals surface area contributed by atoms with Gasteiger partial charge < -0.3 is 4.74 Å². The first-order valence-corrected chi connectivity index (χ1v) is 7.93. The van der Waals surface area contributed by atoms with Crippen molar-refractivity contribution in [2.75, 3.05) is 37.1 Å². The molecule has 0 aromatic rings. The Kier molecular flexibility index (Phi) is 8.45. The van der Waals surface area contributed by atoms with Crippen molar-refractivity contribution in [3.63, 3.8) is 0 Å². The van der Waals surface area contributed by atoms with Crippen molar-refractivity contribution in [3.8, 4) is 0 Å². The Morgan fingerprint density at radius 1 is 1.33 bits per heavy atom. The summed E-state index contributed by atoms with van der Waals surface area (Å²) in [6.45, 7) is 5.73. The van der Waals surface area contributed by atoms with E-state index in [1.54, 1.807) is 0 Å². The molecule has 0 saturated carbocycles. The van der Waals surface area contributed by atoms with E-state index in [2.05, 4.69) is 11.1 Å². The summed E-state index contributed by atoms with van der Waals surface area (Å²) < 4.78 is 35.9. The minimum atomic E-state index is -4.17. The molecule has 5 nitrogen and oxygen atoms in total. The van der Waals surface area contributed by atoms with E-state index >= 15 is 0 Å². The average Bonchev–Trinajstić information content (AvgIpc) is 2.18. The minimum Gasteiger partial charge on any atom is -0.372 e. The molecular weight excluding hydrogens is 240 g/mol. The highest BCUT2D eigenvalue weighted by Crippen LogP contribution is 2.01. The van der Waals surface area contributed by atoms with Crippen LogP contribution >= 0.6 is 0 Å². The summed E-state index contributed by atoms with van der Waals surface area (Å²) in [4.78, 5) is 0. The quantitative estimate of drug-likeness (QED) is 0.589. The number of hydrogen-bond donors (Lipinski definition) is 1. The van der Waals surface area contributed by atoms with Crippen molar-refractivity contribution >= 4 is 21.3 Å². The van der Waals surface area contributed by atoms with Gasteiger partial charge in [0.2, 0.25) is 0 Å². The van der Waals surface area contributed by atoms with Crippen LogP contribution in [0.5, 0.6) is 0 Å². The third-order valence-electron chi connectivity index (χ3n) is 1.71. The van der Waals surface area contributed by atoms with E-state index in [9.17, 15) is 8.42 Å². The molecule has 0 atom stereocenters. The zero-order chi connectivity index (χ0) is 11.7. The van der Waals surface area contributed by atoms with E-state index in [1.807, 2.05) is 0 Å². The molecular formula is C8H19O5S2+. The lowest BCUT2D eigenvalue weighted by Crippen LogP contribution is -2.27. The Hall–Kier alpha value is 0.180. The molecule has 0 spiro atoms. The lowest BCUT2D eigenvalue weighted by atomic mass is 10.8. The van der Waals surface area contributed by atoms with Gasteiger partial charge >= 0.3 is 10.4 Å². The molecule has 0 aromatic carbocycles. The molecule has 1 rings (SSSR count). The predicted octanol–water partition coefficient (Wildman–Crippen LogP) is 0.481. The maximum atomic E-state index is 9.56. The summed E-state index contributed by atoms with van der Waals surface area (Å²) in [5, 5.41) is 0. The first-order valence-electron chi connectivity index (χ1n) is 4.83. The molecule has 0 unspecified atom stereocenters. The Morgan fingerprint density at radius 3 is 2.07 bits per heavy atom. The molecule has 7 heteroatoms. The van der Waals surface area contributed by atoms with E-state index in [0.29, 0.717) is 0 Å². The number of rotatable bonds is 3. The fourth-order valence-electron chi connectivity index (χ4n) is 0.995. The molecule has 1 aliphatic rings. The normalized spacial score (nSPS) is 18.1. The van der Waals surface area contributed by atoms with E-state index < -0.39 is 10.4 Å². The third kappa shape index (κ3) is 10.5. The van der Waals surface area contributed by atoms with Crippen LogP contribution in [0.15, 0.2) is 0 Å².